The quantitative estimate of drug-likeness (QED) is 0.771. The summed E-state index contributed by atoms with van der Waals surface area (Å²) in [6, 6.07) is 7.48. The van der Waals surface area contributed by atoms with Crippen LogP contribution in [0.4, 0.5) is 5.82 Å². The lowest BCUT2D eigenvalue weighted by molar-refractivity contribution is 0.101. The highest BCUT2D eigenvalue weighted by molar-refractivity contribution is 5.98. The SMILES string of the molecule is CC(=O)c1cccnc1N(C)Cc1ccncc1. The number of nitrogens with zero attached hydrogens (tertiary/aromatic N) is 3. The maximum atomic E-state index is 11.5. The number of pyridine rings is 2. The minimum absolute atomic E-state index is 0.0275. The number of rotatable bonds is 4. The lowest BCUT2D eigenvalue weighted by atomic mass is 10.1. The van der Waals surface area contributed by atoms with Crippen molar-refractivity contribution in [1.29, 1.82) is 0 Å². The van der Waals surface area contributed by atoms with E-state index in [2.05, 4.69) is 9.97 Å². The van der Waals surface area contributed by atoms with Crippen molar-refractivity contribution in [2.24, 2.45) is 0 Å². The Bertz CT molecular complexity index is 540. The van der Waals surface area contributed by atoms with Crippen LogP contribution in [0.1, 0.15) is 22.8 Å². The number of Topliss-reactive ketones (excluding diaryl/α,β-unsaturated/α-hetero) is 1. The van der Waals surface area contributed by atoms with Crippen LogP contribution in [-0.2, 0) is 6.54 Å². The molecule has 18 heavy (non-hydrogen) atoms. The van der Waals surface area contributed by atoms with Gasteiger partial charge in [-0.05, 0) is 36.8 Å². The second-order valence-electron chi connectivity index (χ2n) is 4.14. The number of hydrogen-bond acceptors (Lipinski definition) is 4. The second kappa shape index (κ2) is 5.40. The fraction of sp³-hybridized carbons (Fsp3) is 0.214. The topological polar surface area (TPSA) is 46.1 Å². The molecule has 0 radical (unpaired) electrons. The molecule has 0 unspecified atom stereocenters. The highest BCUT2D eigenvalue weighted by atomic mass is 16.1. The molecule has 0 fully saturated rings. The predicted octanol–water partition coefficient (Wildman–Crippen LogP) is 2.32. The number of carbonyl (C=O) groups excluding carboxylic acids is 1. The van der Waals surface area contributed by atoms with Crippen molar-refractivity contribution < 1.29 is 4.79 Å². The zero-order valence-corrected chi connectivity index (χ0v) is 10.5. The van der Waals surface area contributed by atoms with Gasteiger partial charge in [-0.3, -0.25) is 9.78 Å². The first-order chi connectivity index (χ1) is 8.68. The summed E-state index contributed by atoms with van der Waals surface area (Å²) in [5, 5.41) is 0. The number of ketones is 1. The first-order valence-corrected chi connectivity index (χ1v) is 5.74. The van der Waals surface area contributed by atoms with Gasteiger partial charge in [0.15, 0.2) is 5.78 Å². The summed E-state index contributed by atoms with van der Waals surface area (Å²) in [5.74, 6) is 0.737. The van der Waals surface area contributed by atoms with E-state index in [0.717, 1.165) is 5.56 Å². The third-order valence-electron chi connectivity index (χ3n) is 2.70. The van der Waals surface area contributed by atoms with Gasteiger partial charge >= 0.3 is 0 Å². The molecule has 0 saturated heterocycles. The summed E-state index contributed by atoms with van der Waals surface area (Å²) in [6.45, 7) is 2.25. The number of anilines is 1. The highest BCUT2D eigenvalue weighted by Gasteiger charge is 2.12. The zero-order valence-electron chi connectivity index (χ0n) is 10.5. The Morgan fingerprint density at radius 3 is 2.61 bits per heavy atom. The third-order valence-corrected chi connectivity index (χ3v) is 2.70. The number of hydrogen-bond donors (Lipinski definition) is 0. The van der Waals surface area contributed by atoms with Gasteiger partial charge < -0.3 is 4.90 Å². The largest absolute Gasteiger partial charge is 0.355 e. The van der Waals surface area contributed by atoms with Crippen LogP contribution in [0.15, 0.2) is 42.9 Å². The molecule has 0 spiro atoms. The molecule has 0 N–H and O–H groups in total. The molecule has 4 heteroatoms. The fourth-order valence-electron chi connectivity index (χ4n) is 1.81. The van der Waals surface area contributed by atoms with E-state index in [9.17, 15) is 4.79 Å². The van der Waals surface area contributed by atoms with Gasteiger partial charge in [0, 0.05) is 32.2 Å². The molecule has 0 atom stereocenters. The number of aromatic nitrogens is 2. The van der Waals surface area contributed by atoms with E-state index in [4.69, 9.17) is 0 Å². The number of carbonyl (C=O) groups is 1. The van der Waals surface area contributed by atoms with Crippen molar-refractivity contribution >= 4 is 11.6 Å². The fourth-order valence-corrected chi connectivity index (χ4v) is 1.81. The summed E-state index contributed by atoms with van der Waals surface area (Å²) >= 11 is 0. The van der Waals surface area contributed by atoms with E-state index in [1.807, 2.05) is 24.1 Å². The van der Waals surface area contributed by atoms with Crippen LogP contribution in [0.3, 0.4) is 0 Å². The van der Waals surface area contributed by atoms with Crippen LogP contribution < -0.4 is 4.90 Å². The molecule has 0 aliphatic carbocycles. The lowest BCUT2D eigenvalue weighted by Gasteiger charge is -2.20. The molecule has 0 saturated carbocycles. The molecular formula is C14H15N3O. The van der Waals surface area contributed by atoms with Gasteiger partial charge in [0.25, 0.3) is 0 Å². The summed E-state index contributed by atoms with van der Waals surface area (Å²) < 4.78 is 0. The summed E-state index contributed by atoms with van der Waals surface area (Å²) in [5.41, 5.74) is 1.78. The first-order valence-electron chi connectivity index (χ1n) is 5.74. The Balaban J connectivity index is 2.24. The Hall–Kier alpha value is -2.23. The van der Waals surface area contributed by atoms with E-state index in [0.29, 0.717) is 17.9 Å². The van der Waals surface area contributed by atoms with Crippen LogP contribution in [0, 0.1) is 0 Å². The summed E-state index contributed by atoms with van der Waals surface area (Å²) in [6.07, 6.45) is 5.21. The third kappa shape index (κ3) is 2.71. The maximum Gasteiger partial charge on any atom is 0.163 e. The molecule has 2 aromatic heterocycles. The van der Waals surface area contributed by atoms with Crippen molar-refractivity contribution in [3.8, 4) is 0 Å². The smallest absolute Gasteiger partial charge is 0.163 e. The molecule has 4 nitrogen and oxygen atoms in total. The van der Waals surface area contributed by atoms with Crippen molar-refractivity contribution in [2.45, 2.75) is 13.5 Å². The van der Waals surface area contributed by atoms with Crippen molar-refractivity contribution in [2.75, 3.05) is 11.9 Å². The Morgan fingerprint density at radius 1 is 1.22 bits per heavy atom. The lowest BCUT2D eigenvalue weighted by Crippen LogP contribution is -2.20. The summed E-state index contributed by atoms with van der Waals surface area (Å²) in [4.78, 5) is 21.8. The second-order valence-corrected chi connectivity index (χ2v) is 4.14. The van der Waals surface area contributed by atoms with Crippen molar-refractivity contribution in [3.05, 3.63) is 54.0 Å². The van der Waals surface area contributed by atoms with Gasteiger partial charge in [-0.15, -0.1) is 0 Å². The van der Waals surface area contributed by atoms with Gasteiger partial charge in [-0.2, -0.15) is 0 Å². The summed E-state index contributed by atoms with van der Waals surface area (Å²) in [7, 11) is 1.93. The van der Waals surface area contributed by atoms with Crippen LogP contribution >= 0.6 is 0 Å². The van der Waals surface area contributed by atoms with E-state index in [1.165, 1.54) is 0 Å². The standard InChI is InChI=1S/C14H15N3O/c1-11(18)13-4-3-7-16-14(13)17(2)10-12-5-8-15-9-6-12/h3-9H,10H2,1-2H3. The molecule has 2 rings (SSSR count). The van der Waals surface area contributed by atoms with Crippen LogP contribution in [0.2, 0.25) is 0 Å². The van der Waals surface area contributed by atoms with Crippen LogP contribution in [0.5, 0.6) is 0 Å². The Morgan fingerprint density at radius 2 is 1.94 bits per heavy atom. The molecule has 0 aromatic carbocycles. The minimum Gasteiger partial charge on any atom is -0.355 e. The van der Waals surface area contributed by atoms with E-state index < -0.39 is 0 Å². The molecule has 0 bridgehead atoms. The van der Waals surface area contributed by atoms with E-state index >= 15 is 0 Å². The highest BCUT2D eigenvalue weighted by Crippen LogP contribution is 2.18. The molecule has 0 aliphatic heterocycles. The molecule has 2 aromatic rings. The molecule has 0 aliphatic rings. The molecule has 2 heterocycles. The zero-order chi connectivity index (χ0) is 13.0. The van der Waals surface area contributed by atoms with Crippen LogP contribution in [-0.4, -0.2) is 22.8 Å². The average molecular weight is 241 g/mol. The normalized spacial score (nSPS) is 10.1. The van der Waals surface area contributed by atoms with Gasteiger partial charge in [0.05, 0.1) is 5.56 Å². The van der Waals surface area contributed by atoms with Crippen LogP contribution in [0.25, 0.3) is 0 Å². The van der Waals surface area contributed by atoms with Gasteiger partial charge in [-0.1, -0.05) is 0 Å². The van der Waals surface area contributed by atoms with E-state index in [1.54, 1.807) is 37.6 Å². The Kier molecular flexibility index (Phi) is 3.67. The van der Waals surface area contributed by atoms with E-state index in [-0.39, 0.29) is 5.78 Å². The Labute approximate surface area is 106 Å². The van der Waals surface area contributed by atoms with Gasteiger partial charge in [-0.25, -0.2) is 4.98 Å². The minimum atomic E-state index is 0.0275. The predicted molar refractivity (Wildman–Crippen MR) is 70.6 cm³/mol. The van der Waals surface area contributed by atoms with Gasteiger partial charge in [0.2, 0.25) is 0 Å². The van der Waals surface area contributed by atoms with Crippen molar-refractivity contribution in [1.82, 2.24) is 9.97 Å². The van der Waals surface area contributed by atoms with Crippen molar-refractivity contribution in [3.63, 3.8) is 0 Å². The maximum absolute atomic E-state index is 11.5. The monoisotopic (exact) mass is 241 g/mol. The molecule has 0 amide bonds. The molecular weight excluding hydrogens is 226 g/mol. The van der Waals surface area contributed by atoms with Gasteiger partial charge in [0.1, 0.15) is 5.82 Å². The molecule has 92 valence electrons. The first kappa shape index (κ1) is 12.2. The average Bonchev–Trinajstić information content (AvgIpc) is 2.40.